The average molecular weight is 750 g/mol. The van der Waals surface area contributed by atoms with Crippen molar-refractivity contribution in [3.05, 3.63) is 200 Å². The maximum Gasteiger partial charge on any atom is 0.236 e. The number of thiophene rings is 1. The first kappa shape index (κ1) is 34.1. The molecule has 0 fully saturated rings. The highest BCUT2D eigenvalue weighted by molar-refractivity contribution is 7.26. The van der Waals surface area contributed by atoms with Crippen LogP contribution < -0.4 is 0 Å². The van der Waals surface area contributed by atoms with Crippen molar-refractivity contribution in [3.8, 4) is 16.8 Å². The van der Waals surface area contributed by atoms with Gasteiger partial charge >= 0.3 is 0 Å². The van der Waals surface area contributed by atoms with Crippen molar-refractivity contribution in [2.24, 2.45) is 15.0 Å². The zero-order chi connectivity index (χ0) is 38.3. The summed E-state index contributed by atoms with van der Waals surface area (Å²) in [4.78, 5) is 14.4. The second-order valence-corrected chi connectivity index (χ2v) is 14.8. The lowest BCUT2D eigenvalue weighted by molar-refractivity contribution is 1.20. The summed E-state index contributed by atoms with van der Waals surface area (Å²) in [6.07, 6.45) is 9.10. The fourth-order valence-corrected chi connectivity index (χ4v) is 9.30. The molecular formula is C51H35N5S. The Labute approximate surface area is 333 Å². The zero-order valence-electron chi connectivity index (χ0n) is 31.0. The fourth-order valence-electron chi connectivity index (χ4n) is 8.10. The minimum Gasteiger partial charge on any atom is -0.308 e. The third-order valence-electron chi connectivity index (χ3n) is 10.5. The van der Waals surface area contributed by atoms with Crippen molar-refractivity contribution in [1.82, 2.24) is 9.13 Å². The summed E-state index contributed by atoms with van der Waals surface area (Å²) >= 11 is 1.86. The minimum absolute atomic E-state index is 0.474. The molecule has 10 aromatic rings. The molecule has 0 bridgehead atoms. The van der Waals surface area contributed by atoms with Gasteiger partial charge in [0.25, 0.3) is 0 Å². The molecule has 0 N–H and O–H groups in total. The lowest BCUT2D eigenvalue weighted by Gasteiger charge is -2.11. The second-order valence-electron chi connectivity index (χ2n) is 13.7. The minimum atomic E-state index is 0.474. The standard InChI is InChI=1S/C51H35N5S/c1-3-4-5-15-32-53-51(54-50(52-2)34-18-7-6-8-19-34)56-43-26-13-10-22-40(43)48-36(23-16-27-45(48)56)35-30-31-44-41(33-35)37-20-9-12-25-42(37)55(44)46-28-17-24-39-38-21-11-14-29-47(38)57-49(39)46/h3-33H,1-2H2/b5-4-,32-15-,53-51-,54-50-. The van der Waals surface area contributed by atoms with E-state index >= 15 is 0 Å². The molecule has 0 amide bonds. The SMILES string of the molecule is C=C\C=C/C=C\N=C(\N=C(/N=C)c1ccccc1)n1c2ccccc2c2c(-c3ccc4c(c3)c3ccccc3n4-c3cccc4c3sc3ccccc34)cccc21. The maximum atomic E-state index is 5.07. The van der Waals surface area contributed by atoms with Crippen LogP contribution in [0.2, 0.25) is 0 Å². The van der Waals surface area contributed by atoms with Crippen molar-refractivity contribution in [1.29, 1.82) is 0 Å². The fraction of sp³-hybridized carbons (Fsp3) is 0. The number of aliphatic imine (C=N–C) groups is 3. The lowest BCUT2D eigenvalue weighted by Crippen LogP contribution is -2.12. The van der Waals surface area contributed by atoms with E-state index in [0.717, 1.165) is 38.5 Å². The molecule has 10 rings (SSSR count). The average Bonchev–Trinajstić information content (AvgIpc) is 3.93. The van der Waals surface area contributed by atoms with Gasteiger partial charge in [-0.25, -0.2) is 9.98 Å². The third-order valence-corrected chi connectivity index (χ3v) is 11.7. The number of hydrogen-bond donors (Lipinski definition) is 0. The summed E-state index contributed by atoms with van der Waals surface area (Å²) in [5.74, 6) is 0.960. The van der Waals surface area contributed by atoms with E-state index in [1.165, 1.54) is 47.7 Å². The first-order chi connectivity index (χ1) is 28.2. The van der Waals surface area contributed by atoms with Gasteiger partial charge in [0.05, 0.1) is 32.5 Å². The van der Waals surface area contributed by atoms with Gasteiger partial charge in [-0.05, 0) is 66.4 Å². The summed E-state index contributed by atoms with van der Waals surface area (Å²) in [5.41, 5.74) is 8.65. The monoisotopic (exact) mass is 749 g/mol. The molecule has 57 heavy (non-hydrogen) atoms. The highest BCUT2D eigenvalue weighted by Crippen LogP contribution is 2.43. The Kier molecular flexibility index (Phi) is 8.58. The number of benzene rings is 7. The Morgan fingerprint density at radius 2 is 1.28 bits per heavy atom. The van der Waals surface area contributed by atoms with E-state index in [9.17, 15) is 0 Å². The van der Waals surface area contributed by atoms with E-state index in [0.29, 0.717) is 11.8 Å². The number of allylic oxidation sites excluding steroid dienone is 4. The molecule has 0 unspecified atom stereocenters. The summed E-state index contributed by atoms with van der Waals surface area (Å²) in [6.45, 7) is 7.66. The van der Waals surface area contributed by atoms with Crippen molar-refractivity contribution in [2.75, 3.05) is 0 Å². The van der Waals surface area contributed by atoms with E-state index in [2.05, 4.69) is 155 Å². The Bertz CT molecular complexity index is 3330. The molecule has 0 radical (unpaired) electrons. The van der Waals surface area contributed by atoms with Gasteiger partial charge in [0.1, 0.15) is 0 Å². The molecule has 0 atom stereocenters. The molecule has 3 aromatic heterocycles. The molecule has 0 aliphatic rings. The van der Waals surface area contributed by atoms with E-state index in [-0.39, 0.29) is 0 Å². The Balaban J connectivity index is 1.20. The smallest absolute Gasteiger partial charge is 0.236 e. The van der Waals surface area contributed by atoms with E-state index in [1.54, 1.807) is 12.3 Å². The maximum absolute atomic E-state index is 5.07. The number of hydrogen-bond acceptors (Lipinski definition) is 2. The van der Waals surface area contributed by atoms with Crippen LogP contribution >= 0.6 is 11.3 Å². The van der Waals surface area contributed by atoms with Gasteiger partial charge < -0.3 is 4.57 Å². The van der Waals surface area contributed by atoms with Crippen LogP contribution in [0.3, 0.4) is 0 Å². The van der Waals surface area contributed by atoms with Gasteiger partial charge in [-0.15, -0.1) is 11.3 Å². The third kappa shape index (κ3) is 5.74. The predicted octanol–water partition coefficient (Wildman–Crippen LogP) is 13.5. The molecule has 270 valence electrons. The van der Waals surface area contributed by atoms with Crippen molar-refractivity contribution in [2.45, 2.75) is 0 Å². The molecule has 5 nitrogen and oxygen atoms in total. The largest absolute Gasteiger partial charge is 0.308 e. The van der Waals surface area contributed by atoms with E-state index < -0.39 is 0 Å². The molecule has 3 heterocycles. The molecule has 0 aliphatic carbocycles. The van der Waals surface area contributed by atoms with Crippen LogP contribution in [0.15, 0.2) is 210 Å². The Morgan fingerprint density at radius 3 is 2.12 bits per heavy atom. The number of fused-ring (bicyclic) bond motifs is 9. The summed E-state index contributed by atoms with van der Waals surface area (Å²) in [7, 11) is 0. The molecule has 0 aliphatic heterocycles. The predicted molar refractivity (Wildman–Crippen MR) is 246 cm³/mol. The normalized spacial score (nSPS) is 12.8. The van der Waals surface area contributed by atoms with Crippen molar-refractivity contribution < 1.29 is 0 Å². The van der Waals surface area contributed by atoms with Gasteiger partial charge in [0, 0.05) is 48.8 Å². The number of rotatable bonds is 6. The first-order valence-electron chi connectivity index (χ1n) is 18.8. The van der Waals surface area contributed by atoms with Crippen LogP contribution in [0.5, 0.6) is 0 Å². The molecule has 0 spiro atoms. The summed E-state index contributed by atoms with van der Waals surface area (Å²) in [5, 5.41) is 7.23. The van der Waals surface area contributed by atoms with Crippen molar-refractivity contribution in [3.63, 3.8) is 0 Å². The highest BCUT2D eigenvalue weighted by Gasteiger charge is 2.21. The molecule has 7 aromatic carbocycles. The van der Waals surface area contributed by atoms with Crippen LogP contribution in [0.1, 0.15) is 5.56 Å². The van der Waals surface area contributed by atoms with Gasteiger partial charge in [-0.3, -0.25) is 4.57 Å². The molecular weight excluding hydrogens is 715 g/mol. The van der Waals surface area contributed by atoms with Crippen LogP contribution in [0, 0.1) is 0 Å². The van der Waals surface area contributed by atoms with E-state index in [4.69, 9.17) is 9.98 Å². The summed E-state index contributed by atoms with van der Waals surface area (Å²) < 4.78 is 7.15. The highest BCUT2D eigenvalue weighted by atomic mass is 32.1. The molecule has 0 saturated heterocycles. The van der Waals surface area contributed by atoms with Gasteiger partial charge in [-0.2, -0.15) is 4.99 Å². The van der Waals surface area contributed by atoms with Crippen LogP contribution in [0.4, 0.5) is 0 Å². The number of nitrogens with zero attached hydrogens (tertiary/aromatic N) is 5. The van der Waals surface area contributed by atoms with Crippen LogP contribution in [0.25, 0.3) is 80.6 Å². The number of para-hydroxylation sites is 2. The topological polar surface area (TPSA) is 46.9 Å². The lowest BCUT2D eigenvalue weighted by atomic mass is 9.98. The number of aromatic nitrogens is 2. The van der Waals surface area contributed by atoms with Crippen LogP contribution in [-0.2, 0) is 0 Å². The Hall–Kier alpha value is -7.41. The van der Waals surface area contributed by atoms with Gasteiger partial charge in [0.15, 0.2) is 5.84 Å². The molecule has 0 saturated carbocycles. The first-order valence-corrected chi connectivity index (χ1v) is 19.6. The van der Waals surface area contributed by atoms with Crippen LogP contribution in [-0.4, -0.2) is 27.6 Å². The molecule has 6 heteroatoms. The Morgan fingerprint density at radius 1 is 0.579 bits per heavy atom. The van der Waals surface area contributed by atoms with Gasteiger partial charge in [0.2, 0.25) is 5.96 Å². The number of amidine groups is 1. The van der Waals surface area contributed by atoms with Crippen molar-refractivity contribution >= 4 is 93.6 Å². The summed E-state index contributed by atoms with van der Waals surface area (Å²) in [6, 6.07) is 55.9. The quantitative estimate of drug-likeness (QED) is 0.0923. The zero-order valence-corrected chi connectivity index (χ0v) is 31.8. The second kappa shape index (κ2) is 14.3. The van der Waals surface area contributed by atoms with Gasteiger partial charge in [-0.1, -0.05) is 140 Å². The van der Waals surface area contributed by atoms with E-state index in [1.807, 2.05) is 59.9 Å².